The number of nitrogens with zero attached hydrogens (tertiary/aromatic N) is 1. The molecule has 1 amide bonds. The number of nitro groups is 1. The van der Waals surface area contributed by atoms with Gasteiger partial charge in [0.05, 0.1) is 16.5 Å². The van der Waals surface area contributed by atoms with E-state index in [1.165, 1.54) is 6.07 Å². The lowest BCUT2D eigenvalue weighted by Crippen LogP contribution is -2.24. The number of rotatable bonds is 3. The Balaban J connectivity index is 2.21. The van der Waals surface area contributed by atoms with Crippen molar-refractivity contribution in [1.82, 2.24) is 0 Å². The summed E-state index contributed by atoms with van der Waals surface area (Å²) in [5, 5.41) is 13.6. The van der Waals surface area contributed by atoms with Crippen molar-refractivity contribution >= 4 is 33.2 Å². The molecule has 6 nitrogen and oxygen atoms in total. The maximum atomic E-state index is 12.1. The Hall–Kier alpha value is -1.73. The number of nitro benzene ring substituents is 1. The van der Waals surface area contributed by atoms with Crippen LogP contribution in [0.1, 0.15) is 12.0 Å². The molecule has 0 fully saturated rings. The van der Waals surface area contributed by atoms with Crippen LogP contribution >= 0.6 is 15.9 Å². The van der Waals surface area contributed by atoms with Crippen LogP contribution in [0.2, 0.25) is 0 Å². The van der Waals surface area contributed by atoms with Crippen molar-refractivity contribution in [3.05, 3.63) is 44.4 Å². The number of halogens is 1. The molecule has 1 aromatic rings. The second-order valence-electron chi connectivity index (χ2n) is 4.76. The Kier molecular flexibility index (Phi) is 4.20. The number of nitrogens with two attached hydrogens (primary N) is 1. The van der Waals surface area contributed by atoms with Crippen LogP contribution in [0, 0.1) is 23.0 Å². The summed E-state index contributed by atoms with van der Waals surface area (Å²) in [5.41, 5.74) is 6.60. The zero-order chi connectivity index (χ0) is 14.9. The molecule has 2 rings (SSSR count). The van der Waals surface area contributed by atoms with Gasteiger partial charge < -0.3 is 11.1 Å². The number of hydrogen-bond acceptors (Lipinski definition) is 4. The van der Waals surface area contributed by atoms with E-state index in [0.717, 1.165) is 0 Å². The Morgan fingerprint density at radius 1 is 1.50 bits per heavy atom. The first-order chi connectivity index (χ1) is 9.38. The minimum atomic E-state index is -0.469. The second-order valence-corrected chi connectivity index (χ2v) is 5.61. The molecule has 0 heterocycles. The van der Waals surface area contributed by atoms with E-state index in [9.17, 15) is 14.9 Å². The highest BCUT2D eigenvalue weighted by atomic mass is 79.9. The SMILES string of the molecule is Cc1cc(Br)c(NC(=O)C2C=CC(N)C2)cc1[N+](=O)[O-]. The van der Waals surface area contributed by atoms with Crippen LogP contribution in [-0.2, 0) is 4.79 Å². The minimum absolute atomic E-state index is 0.0258. The van der Waals surface area contributed by atoms with Crippen molar-refractivity contribution in [3.8, 4) is 0 Å². The molecule has 7 heteroatoms. The van der Waals surface area contributed by atoms with E-state index in [4.69, 9.17) is 5.73 Å². The van der Waals surface area contributed by atoms with E-state index >= 15 is 0 Å². The van der Waals surface area contributed by atoms with Crippen molar-refractivity contribution in [2.45, 2.75) is 19.4 Å². The maximum absolute atomic E-state index is 12.1. The van der Waals surface area contributed by atoms with Crippen molar-refractivity contribution in [1.29, 1.82) is 0 Å². The van der Waals surface area contributed by atoms with Crippen LogP contribution in [0.5, 0.6) is 0 Å². The molecule has 0 radical (unpaired) electrons. The molecule has 3 N–H and O–H groups in total. The summed E-state index contributed by atoms with van der Waals surface area (Å²) in [6, 6.07) is 2.86. The largest absolute Gasteiger partial charge is 0.324 e. The molecule has 0 aromatic heterocycles. The average Bonchev–Trinajstić information content (AvgIpc) is 2.79. The number of benzene rings is 1. The van der Waals surface area contributed by atoms with E-state index in [2.05, 4.69) is 21.2 Å². The van der Waals surface area contributed by atoms with Crippen molar-refractivity contribution in [2.24, 2.45) is 11.7 Å². The maximum Gasteiger partial charge on any atom is 0.274 e. The van der Waals surface area contributed by atoms with Gasteiger partial charge in [-0.1, -0.05) is 12.2 Å². The van der Waals surface area contributed by atoms with Gasteiger partial charge in [-0.05, 0) is 35.3 Å². The molecule has 1 aliphatic rings. The lowest BCUT2D eigenvalue weighted by Gasteiger charge is -2.12. The number of nitrogens with one attached hydrogen (secondary N) is 1. The molecule has 1 aromatic carbocycles. The van der Waals surface area contributed by atoms with Gasteiger partial charge in [-0.15, -0.1) is 0 Å². The zero-order valence-electron chi connectivity index (χ0n) is 10.8. The monoisotopic (exact) mass is 339 g/mol. The molecular formula is C13H14BrN3O3. The summed E-state index contributed by atoms with van der Waals surface area (Å²) >= 11 is 3.30. The zero-order valence-corrected chi connectivity index (χ0v) is 12.4. The topological polar surface area (TPSA) is 98.3 Å². The normalized spacial score (nSPS) is 20.9. The van der Waals surface area contributed by atoms with E-state index in [1.54, 1.807) is 25.1 Å². The standard InChI is InChI=1S/C13H14BrN3O3/c1-7-4-10(14)11(6-12(7)17(19)20)16-13(18)8-2-3-9(15)5-8/h2-4,6,8-9H,5,15H2,1H3,(H,16,18). The predicted molar refractivity (Wildman–Crippen MR) is 79.4 cm³/mol. The summed E-state index contributed by atoms with van der Waals surface area (Å²) < 4.78 is 0.611. The van der Waals surface area contributed by atoms with Crippen molar-refractivity contribution < 1.29 is 9.72 Å². The van der Waals surface area contributed by atoms with Crippen LogP contribution < -0.4 is 11.1 Å². The molecular weight excluding hydrogens is 326 g/mol. The summed E-state index contributed by atoms with van der Waals surface area (Å²) in [6.45, 7) is 1.65. The van der Waals surface area contributed by atoms with Gasteiger partial charge in [0, 0.05) is 22.1 Å². The van der Waals surface area contributed by atoms with Gasteiger partial charge in [0.1, 0.15) is 0 Å². The van der Waals surface area contributed by atoms with Gasteiger partial charge >= 0.3 is 0 Å². The molecule has 0 spiro atoms. The molecule has 2 unspecified atom stereocenters. The first-order valence-corrected chi connectivity index (χ1v) is 6.87. The number of carbonyl (C=O) groups excluding carboxylic acids is 1. The molecule has 0 saturated heterocycles. The summed E-state index contributed by atoms with van der Waals surface area (Å²) in [7, 11) is 0. The first-order valence-electron chi connectivity index (χ1n) is 6.08. The van der Waals surface area contributed by atoms with Crippen LogP contribution in [0.15, 0.2) is 28.8 Å². The number of aryl methyl sites for hydroxylation is 1. The fourth-order valence-corrected chi connectivity index (χ4v) is 2.66. The minimum Gasteiger partial charge on any atom is -0.324 e. The van der Waals surface area contributed by atoms with Crippen molar-refractivity contribution in [3.63, 3.8) is 0 Å². The predicted octanol–water partition coefficient (Wildman–Crippen LogP) is 2.51. The highest BCUT2D eigenvalue weighted by Gasteiger charge is 2.24. The fourth-order valence-electron chi connectivity index (χ4n) is 2.10. The molecule has 106 valence electrons. The van der Waals surface area contributed by atoms with E-state index in [-0.39, 0.29) is 23.6 Å². The van der Waals surface area contributed by atoms with E-state index < -0.39 is 4.92 Å². The molecule has 2 atom stereocenters. The van der Waals surface area contributed by atoms with Gasteiger partial charge in [-0.3, -0.25) is 14.9 Å². The number of amides is 1. The Labute approximate surface area is 124 Å². The number of anilines is 1. The summed E-state index contributed by atoms with van der Waals surface area (Å²) in [4.78, 5) is 22.5. The number of carbonyl (C=O) groups is 1. The van der Waals surface area contributed by atoms with Gasteiger partial charge in [0.2, 0.25) is 5.91 Å². The molecule has 0 aliphatic heterocycles. The lowest BCUT2D eigenvalue weighted by atomic mass is 10.1. The Bertz CT molecular complexity index is 601. The van der Waals surface area contributed by atoms with Gasteiger partial charge in [-0.2, -0.15) is 0 Å². The summed E-state index contributed by atoms with van der Waals surface area (Å²) in [5.74, 6) is -0.509. The van der Waals surface area contributed by atoms with Crippen LogP contribution in [0.25, 0.3) is 0 Å². The third-order valence-electron chi connectivity index (χ3n) is 3.19. The van der Waals surface area contributed by atoms with Gasteiger partial charge in [0.15, 0.2) is 0 Å². The lowest BCUT2D eigenvalue weighted by molar-refractivity contribution is -0.385. The highest BCUT2D eigenvalue weighted by Crippen LogP contribution is 2.31. The molecule has 0 saturated carbocycles. The summed E-state index contributed by atoms with van der Waals surface area (Å²) in [6.07, 6.45) is 4.10. The molecule has 1 aliphatic carbocycles. The van der Waals surface area contributed by atoms with Crippen LogP contribution in [-0.4, -0.2) is 16.9 Å². The Morgan fingerprint density at radius 2 is 2.20 bits per heavy atom. The third-order valence-corrected chi connectivity index (χ3v) is 3.85. The number of hydrogen-bond donors (Lipinski definition) is 2. The first kappa shape index (κ1) is 14.7. The quantitative estimate of drug-likeness (QED) is 0.502. The molecule has 0 bridgehead atoms. The van der Waals surface area contributed by atoms with E-state index in [0.29, 0.717) is 22.1 Å². The average molecular weight is 340 g/mol. The smallest absolute Gasteiger partial charge is 0.274 e. The third kappa shape index (κ3) is 3.05. The van der Waals surface area contributed by atoms with Crippen molar-refractivity contribution in [2.75, 3.05) is 5.32 Å². The Morgan fingerprint density at radius 3 is 2.75 bits per heavy atom. The van der Waals surface area contributed by atoms with Crippen LogP contribution in [0.3, 0.4) is 0 Å². The molecule has 20 heavy (non-hydrogen) atoms. The van der Waals surface area contributed by atoms with E-state index in [1.807, 2.05) is 0 Å². The fraction of sp³-hybridized carbons (Fsp3) is 0.308. The highest BCUT2D eigenvalue weighted by molar-refractivity contribution is 9.10. The van der Waals surface area contributed by atoms with Crippen LogP contribution in [0.4, 0.5) is 11.4 Å². The van der Waals surface area contributed by atoms with Gasteiger partial charge in [0.25, 0.3) is 5.69 Å². The van der Waals surface area contributed by atoms with Gasteiger partial charge in [-0.25, -0.2) is 0 Å². The second kappa shape index (κ2) is 5.72.